The van der Waals surface area contributed by atoms with Crippen LogP contribution in [0.1, 0.15) is 42.2 Å². The van der Waals surface area contributed by atoms with E-state index in [2.05, 4.69) is 37.6 Å². The average Bonchev–Trinajstić information content (AvgIpc) is 4.15. The van der Waals surface area contributed by atoms with Crippen molar-refractivity contribution < 1.29 is 148 Å². The minimum Gasteiger partial charge on any atom is -0.542 e. The Morgan fingerprint density at radius 1 is 0.348 bits per heavy atom. The molecule has 0 atom stereocenters. The average molecular weight is 1180 g/mol. The fourth-order valence-corrected chi connectivity index (χ4v) is 3.64. The van der Waals surface area contributed by atoms with Gasteiger partial charge in [0.25, 0.3) is 0 Å². The molecule has 0 aliphatic rings. The molecule has 8 aromatic heterocycles. The summed E-state index contributed by atoms with van der Waals surface area (Å²) in [5, 5.41) is 68.9. The molecule has 66 heavy (non-hydrogen) atoms. The summed E-state index contributed by atoms with van der Waals surface area (Å²) < 4.78 is 17.7. The van der Waals surface area contributed by atoms with Crippen LogP contribution in [-0.4, -0.2) is 54.0 Å². The molecule has 338 valence electrons. The summed E-state index contributed by atoms with van der Waals surface area (Å²) in [5.74, 6) is -5.67. The molecule has 0 amide bonds. The molecule has 0 spiro atoms. The van der Waals surface area contributed by atoms with Gasteiger partial charge in [-0.1, -0.05) is 24.3 Å². The summed E-state index contributed by atoms with van der Waals surface area (Å²) in [6.45, 7) is 0. The second-order valence-electron chi connectivity index (χ2n) is 10.4. The summed E-state index contributed by atoms with van der Waals surface area (Å²) in [7, 11) is 0. The van der Waals surface area contributed by atoms with E-state index < -0.39 is 34.1 Å². The zero-order chi connectivity index (χ0) is 47.5. The number of hydrogen-bond acceptors (Lipinski definition) is 22. The van der Waals surface area contributed by atoms with Crippen LogP contribution in [0.2, 0.25) is 0 Å². The summed E-state index contributed by atoms with van der Waals surface area (Å²) >= 11 is 0. The molecule has 0 aliphatic carbocycles. The van der Waals surface area contributed by atoms with Gasteiger partial charge >= 0.3 is 80.8 Å². The van der Waals surface area contributed by atoms with Gasteiger partial charge in [0.15, 0.2) is 0 Å². The third kappa shape index (κ3) is 29.9. The maximum absolute atomic E-state index is 9.86. The number of carbonyl (C=O) groups excluding carboxylic acids is 4. The Balaban J connectivity index is 0. The second kappa shape index (κ2) is 37.1. The normalized spacial score (nSPS) is 8.61. The van der Waals surface area contributed by atoms with Crippen LogP contribution < -0.4 is 20.4 Å². The zero-order valence-corrected chi connectivity index (χ0v) is 38.3. The van der Waals surface area contributed by atoms with Gasteiger partial charge in [-0.25, -0.2) is 0 Å². The SMILES string of the molecule is O=C([O-])c1ccco1.O=C([O-])c1ccco1.O=C([O-])c1ccco1.O=C([O-])c1ccco1.O=[N+]([O-])[O-].O=[N+]([O-])[O-].[Sm+3].[Sm+3].c1ccc(-c2ccccn2)nc1.c1ccc(-c2ccccn2)nc1. The van der Waals surface area contributed by atoms with E-state index in [1.807, 2.05) is 72.8 Å². The largest absolute Gasteiger partial charge is 3.00 e. The molecule has 8 heterocycles. The predicted octanol–water partition coefficient (Wildman–Crippen LogP) is 2.38. The number of nitrogens with zero attached hydrogens (tertiary/aromatic N) is 6. The first-order valence-corrected chi connectivity index (χ1v) is 16.9. The summed E-state index contributed by atoms with van der Waals surface area (Å²) in [4.78, 5) is 72.7. The van der Waals surface area contributed by atoms with Gasteiger partial charge in [0.2, 0.25) is 0 Å². The molecule has 0 unspecified atom stereocenters. The summed E-state index contributed by atoms with van der Waals surface area (Å²) in [6.07, 6.45) is 12.2. The summed E-state index contributed by atoms with van der Waals surface area (Å²) in [6, 6.07) is 34.5. The Labute approximate surface area is 435 Å². The Morgan fingerprint density at radius 2 is 0.530 bits per heavy atom. The van der Waals surface area contributed by atoms with Gasteiger partial charge in [-0.05, 0) is 97.1 Å². The molecule has 2 radical (unpaired) electrons. The standard InChI is InChI=1S/2C10H8N2.4C5H4O3.2NO3.2Sm/c2*1-3-7-11-9(5-1)10-6-2-4-8-12-10;4*6-5(7)4-2-1-3-8-4;2*2-1(3)4;;/h2*1-8H;4*1-3H,(H,6,7);;;;/q;;;;;;2*-1;2*+3/p-4. The van der Waals surface area contributed by atoms with Gasteiger partial charge in [0, 0.05) is 24.8 Å². The van der Waals surface area contributed by atoms with Crippen LogP contribution in [0.4, 0.5) is 0 Å². The van der Waals surface area contributed by atoms with Crippen molar-refractivity contribution in [1.29, 1.82) is 0 Å². The molecular formula is C40H28N6O18Sm2. The van der Waals surface area contributed by atoms with Gasteiger partial charge in [-0.3, -0.25) is 19.9 Å². The third-order valence-corrected chi connectivity index (χ3v) is 6.07. The van der Waals surface area contributed by atoms with Gasteiger partial charge in [-0.2, -0.15) is 0 Å². The van der Waals surface area contributed by atoms with Gasteiger partial charge in [0.1, 0.15) is 46.9 Å². The number of aromatic carboxylic acids is 4. The molecule has 0 bridgehead atoms. The first-order chi connectivity index (χ1) is 30.6. The maximum Gasteiger partial charge on any atom is 3.00 e. The van der Waals surface area contributed by atoms with Crippen LogP contribution in [0.3, 0.4) is 0 Å². The molecule has 26 heteroatoms. The molecule has 8 aromatic rings. The Kier molecular flexibility index (Phi) is 34.1. The van der Waals surface area contributed by atoms with Crippen molar-refractivity contribution in [3.63, 3.8) is 0 Å². The molecule has 8 rings (SSSR count). The Bertz CT molecular complexity index is 2120. The number of aromatic nitrogens is 4. The third-order valence-electron chi connectivity index (χ3n) is 6.07. The molecule has 24 nitrogen and oxygen atoms in total. The van der Waals surface area contributed by atoms with E-state index in [1.165, 1.54) is 73.6 Å². The van der Waals surface area contributed by atoms with Gasteiger partial charge < -0.3 is 87.9 Å². The first kappa shape index (κ1) is 60.8. The fraction of sp³-hybridized carbons (Fsp3) is 0. The van der Waals surface area contributed by atoms with Crippen LogP contribution in [0.25, 0.3) is 22.8 Å². The van der Waals surface area contributed by atoms with Crippen molar-refractivity contribution in [2.45, 2.75) is 0 Å². The minimum absolute atomic E-state index is 0. The molecule has 0 saturated carbocycles. The van der Waals surface area contributed by atoms with E-state index >= 15 is 0 Å². The monoisotopic (exact) mass is 1180 g/mol. The van der Waals surface area contributed by atoms with Crippen LogP contribution >= 0.6 is 0 Å². The van der Waals surface area contributed by atoms with E-state index in [-0.39, 0.29) is 104 Å². The van der Waals surface area contributed by atoms with E-state index in [0.29, 0.717) is 0 Å². The minimum atomic E-state index is -1.75. The van der Waals surface area contributed by atoms with E-state index in [9.17, 15) is 39.6 Å². The van der Waals surface area contributed by atoms with Crippen molar-refractivity contribution in [3.8, 4) is 22.8 Å². The van der Waals surface area contributed by atoms with Crippen molar-refractivity contribution in [2.75, 3.05) is 0 Å². The maximum atomic E-state index is 9.86. The number of carbonyl (C=O) groups is 4. The molecule has 0 N–H and O–H groups in total. The van der Waals surface area contributed by atoms with Crippen LogP contribution in [0, 0.1) is 111 Å². The Morgan fingerprint density at radius 3 is 0.621 bits per heavy atom. The molecule has 0 fully saturated rings. The molecule has 0 aromatic carbocycles. The van der Waals surface area contributed by atoms with Crippen molar-refractivity contribution in [1.82, 2.24) is 19.9 Å². The number of hydrogen-bond donors (Lipinski definition) is 0. The van der Waals surface area contributed by atoms with Crippen molar-refractivity contribution in [2.24, 2.45) is 0 Å². The second-order valence-corrected chi connectivity index (χ2v) is 10.4. The topological polar surface area (TPSA) is 397 Å². The van der Waals surface area contributed by atoms with Crippen LogP contribution in [-0.2, 0) is 0 Å². The molecular weight excluding hydrogens is 1150 g/mol. The number of carboxylic acids is 4. The molecule has 0 aliphatic heterocycles. The van der Waals surface area contributed by atoms with Crippen LogP contribution in [0.5, 0.6) is 0 Å². The van der Waals surface area contributed by atoms with Crippen molar-refractivity contribution >= 4 is 23.9 Å². The quantitative estimate of drug-likeness (QED) is 0.170. The fourth-order valence-electron chi connectivity index (χ4n) is 3.64. The van der Waals surface area contributed by atoms with Crippen LogP contribution in [0.15, 0.2) is 189 Å². The van der Waals surface area contributed by atoms with Gasteiger partial charge in [-0.15, -0.1) is 0 Å². The first-order valence-electron chi connectivity index (χ1n) is 16.9. The van der Waals surface area contributed by atoms with E-state index in [1.54, 1.807) is 24.8 Å². The smallest absolute Gasteiger partial charge is 0.542 e. The number of pyridine rings is 4. The van der Waals surface area contributed by atoms with E-state index in [0.717, 1.165) is 22.8 Å². The predicted molar refractivity (Wildman–Crippen MR) is 208 cm³/mol. The molecule has 0 saturated heterocycles. The number of furan rings is 4. The number of rotatable bonds is 6. The van der Waals surface area contributed by atoms with Gasteiger partial charge in [0.05, 0.1) is 58.0 Å². The summed E-state index contributed by atoms with van der Waals surface area (Å²) in [5.41, 5.74) is 3.66. The zero-order valence-electron chi connectivity index (χ0n) is 33.0. The van der Waals surface area contributed by atoms with E-state index in [4.69, 9.17) is 30.6 Å². The number of carboxylic acid groups (broad SMARTS) is 4. The van der Waals surface area contributed by atoms with Crippen molar-refractivity contribution in [3.05, 3.63) is 225 Å². The Hall–Kier alpha value is -7.32.